The van der Waals surface area contributed by atoms with Crippen molar-refractivity contribution in [3.05, 3.63) is 77.4 Å². The van der Waals surface area contributed by atoms with E-state index < -0.39 is 23.4 Å². The van der Waals surface area contributed by atoms with Crippen LogP contribution in [0.15, 0.2) is 60.7 Å². The van der Waals surface area contributed by atoms with Crippen molar-refractivity contribution in [3.8, 4) is 0 Å². The van der Waals surface area contributed by atoms with Crippen LogP contribution < -0.4 is 0 Å². The van der Waals surface area contributed by atoms with Gasteiger partial charge < -0.3 is 14.7 Å². The molecule has 1 unspecified atom stereocenters. The molecule has 192 valence electrons. The number of amides is 1. The van der Waals surface area contributed by atoms with E-state index in [9.17, 15) is 19.5 Å². The highest BCUT2D eigenvalue weighted by Gasteiger charge is 2.30. The number of carboxylic acids is 1. The Morgan fingerprint density at radius 1 is 1.00 bits per heavy atom. The molecule has 1 amide bonds. The summed E-state index contributed by atoms with van der Waals surface area (Å²) in [6.45, 7) is 6.09. The van der Waals surface area contributed by atoms with Gasteiger partial charge in [-0.2, -0.15) is 0 Å². The number of carbonyl (C=O) groups is 3. The number of ether oxygens (including phenoxy) is 1. The third-order valence-electron chi connectivity index (χ3n) is 6.51. The number of rotatable bonds is 8. The van der Waals surface area contributed by atoms with Gasteiger partial charge in [0.05, 0.1) is 0 Å². The van der Waals surface area contributed by atoms with Crippen LogP contribution in [0.4, 0.5) is 0 Å². The predicted molar refractivity (Wildman–Crippen MR) is 140 cm³/mol. The summed E-state index contributed by atoms with van der Waals surface area (Å²) in [5.41, 5.74) is 2.30. The maximum atomic E-state index is 12.7. The van der Waals surface area contributed by atoms with E-state index in [4.69, 9.17) is 4.74 Å². The van der Waals surface area contributed by atoms with E-state index >= 15 is 0 Å². The highest BCUT2D eigenvalue weighted by atomic mass is 16.6. The van der Waals surface area contributed by atoms with Crippen LogP contribution in [0.25, 0.3) is 6.08 Å². The maximum absolute atomic E-state index is 12.7. The molecule has 0 saturated heterocycles. The summed E-state index contributed by atoms with van der Waals surface area (Å²) in [6.07, 6.45) is 8.76. The Morgan fingerprint density at radius 2 is 1.64 bits per heavy atom. The molecule has 6 nitrogen and oxygen atoms in total. The van der Waals surface area contributed by atoms with Crippen molar-refractivity contribution < 1.29 is 24.2 Å². The van der Waals surface area contributed by atoms with E-state index in [2.05, 4.69) is 0 Å². The summed E-state index contributed by atoms with van der Waals surface area (Å²) >= 11 is 0. The summed E-state index contributed by atoms with van der Waals surface area (Å²) in [4.78, 5) is 37.8. The van der Waals surface area contributed by atoms with Gasteiger partial charge in [0.15, 0.2) is 0 Å². The van der Waals surface area contributed by atoms with Gasteiger partial charge in [0.1, 0.15) is 5.60 Å². The SMILES string of the molecule is CC(C)(C)OC(=O)C=Cc1ccc(C(CN(Cc2ccccc2)C(=O)C(=O)O)C2CCCCC2)cc1. The van der Waals surface area contributed by atoms with Gasteiger partial charge in [-0.3, -0.25) is 4.79 Å². The van der Waals surface area contributed by atoms with Gasteiger partial charge in [-0.25, -0.2) is 9.59 Å². The molecule has 0 radical (unpaired) electrons. The van der Waals surface area contributed by atoms with Gasteiger partial charge in [0.2, 0.25) is 0 Å². The number of hydrogen-bond acceptors (Lipinski definition) is 4. The van der Waals surface area contributed by atoms with Gasteiger partial charge in [-0.05, 0) is 62.3 Å². The number of hydrogen-bond donors (Lipinski definition) is 1. The number of nitrogens with zero attached hydrogens (tertiary/aromatic N) is 1. The molecule has 0 aliphatic heterocycles. The second-order valence-corrected chi connectivity index (χ2v) is 10.5. The fourth-order valence-corrected chi connectivity index (χ4v) is 4.81. The molecule has 1 aliphatic rings. The lowest BCUT2D eigenvalue weighted by atomic mass is 9.76. The van der Waals surface area contributed by atoms with Crippen molar-refractivity contribution in [2.24, 2.45) is 5.92 Å². The molecule has 1 atom stereocenters. The monoisotopic (exact) mass is 491 g/mol. The van der Waals surface area contributed by atoms with Gasteiger partial charge in [0.25, 0.3) is 0 Å². The van der Waals surface area contributed by atoms with E-state index in [1.807, 2.05) is 75.4 Å². The minimum absolute atomic E-state index is 0.0289. The molecule has 0 aromatic heterocycles. The first kappa shape index (κ1) is 27.2. The van der Waals surface area contributed by atoms with Crippen LogP contribution in [-0.4, -0.2) is 40.0 Å². The Bertz CT molecular complexity index is 1050. The van der Waals surface area contributed by atoms with Crippen LogP contribution in [0.5, 0.6) is 0 Å². The quantitative estimate of drug-likeness (QED) is 0.286. The molecule has 1 aliphatic carbocycles. The van der Waals surface area contributed by atoms with Crippen molar-refractivity contribution in [3.63, 3.8) is 0 Å². The Labute approximate surface area is 214 Å². The number of esters is 1. The fraction of sp³-hybridized carbons (Fsp3) is 0.433. The van der Waals surface area contributed by atoms with E-state index in [1.165, 1.54) is 17.4 Å². The Hall–Kier alpha value is -3.41. The van der Waals surface area contributed by atoms with Crippen LogP contribution in [-0.2, 0) is 25.7 Å². The third-order valence-corrected chi connectivity index (χ3v) is 6.51. The molecule has 6 heteroatoms. The molecular formula is C30H37NO5. The molecule has 0 heterocycles. The van der Waals surface area contributed by atoms with Crippen molar-refractivity contribution in [1.82, 2.24) is 4.90 Å². The summed E-state index contributed by atoms with van der Waals surface area (Å²) in [7, 11) is 0. The zero-order valence-electron chi connectivity index (χ0n) is 21.5. The Morgan fingerprint density at radius 3 is 2.22 bits per heavy atom. The molecule has 1 fully saturated rings. The summed E-state index contributed by atoms with van der Waals surface area (Å²) in [5, 5.41) is 9.50. The van der Waals surface area contributed by atoms with E-state index in [-0.39, 0.29) is 12.5 Å². The predicted octanol–water partition coefficient (Wildman–Crippen LogP) is 5.82. The lowest BCUT2D eigenvalue weighted by Gasteiger charge is -2.34. The van der Waals surface area contributed by atoms with Gasteiger partial charge in [-0.1, -0.05) is 73.9 Å². The second-order valence-electron chi connectivity index (χ2n) is 10.5. The zero-order chi connectivity index (χ0) is 26.1. The average molecular weight is 492 g/mol. The standard InChI is InChI=1S/C30H37NO5/c1-30(2,3)36-27(32)19-16-22-14-17-25(18-15-22)26(24-12-8-5-9-13-24)21-31(28(33)29(34)35)20-23-10-6-4-7-11-23/h4,6-7,10-11,14-19,24,26H,5,8-9,12-13,20-21H2,1-3H3,(H,34,35). The van der Waals surface area contributed by atoms with Crippen molar-refractivity contribution >= 4 is 23.9 Å². The lowest BCUT2D eigenvalue weighted by molar-refractivity contribution is -0.156. The smallest absolute Gasteiger partial charge is 0.394 e. The van der Waals surface area contributed by atoms with Crippen molar-refractivity contribution in [1.29, 1.82) is 0 Å². The van der Waals surface area contributed by atoms with Crippen molar-refractivity contribution in [2.45, 2.75) is 70.9 Å². The fourth-order valence-electron chi connectivity index (χ4n) is 4.81. The average Bonchev–Trinajstić information content (AvgIpc) is 2.85. The van der Waals surface area contributed by atoms with Gasteiger partial charge >= 0.3 is 17.8 Å². The lowest BCUT2D eigenvalue weighted by Crippen LogP contribution is -2.40. The molecule has 2 aromatic rings. The Kier molecular flexibility index (Phi) is 9.45. The zero-order valence-corrected chi connectivity index (χ0v) is 21.5. The molecule has 36 heavy (non-hydrogen) atoms. The van der Waals surface area contributed by atoms with E-state index in [0.29, 0.717) is 12.5 Å². The van der Waals surface area contributed by atoms with E-state index in [1.54, 1.807) is 6.08 Å². The number of carbonyl (C=O) groups excluding carboxylic acids is 2. The van der Waals surface area contributed by atoms with Crippen LogP contribution in [0.3, 0.4) is 0 Å². The normalized spacial score (nSPS) is 15.4. The summed E-state index contributed by atoms with van der Waals surface area (Å²) < 4.78 is 5.32. The largest absolute Gasteiger partial charge is 0.474 e. The van der Waals surface area contributed by atoms with Gasteiger partial charge in [-0.15, -0.1) is 0 Å². The third kappa shape index (κ3) is 8.36. The topological polar surface area (TPSA) is 83.9 Å². The summed E-state index contributed by atoms with van der Waals surface area (Å²) in [5.74, 6) is -2.30. The number of benzene rings is 2. The van der Waals surface area contributed by atoms with Crippen LogP contribution in [0.2, 0.25) is 0 Å². The van der Waals surface area contributed by atoms with Crippen molar-refractivity contribution in [2.75, 3.05) is 6.54 Å². The molecule has 3 rings (SSSR count). The molecule has 0 bridgehead atoms. The first-order valence-electron chi connectivity index (χ1n) is 12.7. The van der Waals surface area contributed by atoms with Crippen LogP contribution in [0, 0.1) is 5.92 Å². The Balaban J connectivity index is 1.82. The molecule has 1 N–H and O–H groups in total. The van der Waals surface area contributed by atoms with Gasteiger partial charge in [0, 0.05) is 25.1 Å². The molecule has 0 spiro atoms. The van der Waals surface area contributed by atoms with E-state index in [0.717, 1.165) is 42.4 Å². The number of carboxylic acid groups (broad SMARTS) is 1. The maximum Gasteiger partial charge on any atom is 0.394 e. The molecular weight excluding hydrogens is 454 g/mol. The highest BCUT2D eigenvalue weighted by molar-refractivity contribution is 6.31. The molecule has 2 aromatic carbocycles. The van der Waals surface area contributed by atoms with Crippen LogP contribution >= 0.6 is 0 Å². The second kappa shape index (κ2) is 12.5. The highest BCUT2D eigenvalue weighted by Crippen LogP contribution is 2.37. The first-order valence-corrected chi connectivity index (χ1v) is 12.7. The van der Waals surface area contributed by atoms with Crippen LogP contribution in [0.1, 0.15) is 75.5 Å². The first-order chi connectivity index (χ1) is 17.1. The minimum atomic E-state index is -1.43. The number of aliphatic carboxylic acids is 1. The summed E-state index contributed by atoms with van der Waals surface area (Å²) in [6, 6.07) is 17.4. The molecule has 1 saturated carbocycles. The minimum Gasteiger partial charge on any atom is -0.474 e.